The lowest BCUT2D eigenvalue weighted by Gasteiger charge is -2.28. The standard InChI is InChI=1S/C28H27N5O9/c1-15-5-6-17(11-20(15)33(37)38)21-10-8-19(42-21)13-29-32-24(34)14-41-22-9-7-18(12-23(22)39-3)26-25(27(35)40-4)16(2)30-28(36)31-26/h5-13,26H,14H2,1-4H3,(H,32,34)(H2,30,31,36)/b29-13-/t26-/m1/s1. The number of urea groups is 1. The predicted molar refractivity (Wildman–Crippen MR) is 149 cm³/mol. The van der Waals surface area contributed by atoms with E-state index in [1.54, 1.807) is 56.3 Å². The molecule has 0 saturated carbocycles. The molecule has 1 aliphatic rings. The van der Waals surface area contributed by atoms with Crippen molar-refractivity contribution >= 4 is 29.8 Å². The Morgan fingerprint density at radius 3 is 2.62 bits per heavy atom. The van der Waals surface area contributed by atoms with E-state index in [9.17, 15) is 24.5 Å². The number of nitro groups is 1. The molecule has 0 saturated heterocycles. The van der Waals surface area contributed by atoms with Crippen LogP contribution < -0.4 is 25.5 Å². The molecule has 1 aliphatic heterocycles. The number of allylic oxidation sites excluding steroid dienone is 1. The normalized spacial score (nSPS) is 14.7. The first-order chi connectivity index (χ1) is 20.1. The first-order valence-electron chi connectivity index (χ1n) is 12.5. The number of hydrogen-bond acceptors (Lipinski definition) is 10. The second kappa shape index (κ2) is 12.7. The van der Waals surface area contributed by atoms with E-state index in [4.69, 9.17) is 18.6 Å². The van der Waals surface area contributed by atoms with Gasteiger partial charge in [-0.15, -0.1) is 0 Å². The summed E-state index contributed by atoms with van der Waals surface area (Å²) in [5.41, 5.74) is 4.48. The fraction of sp³-hybridized carbons (Fsp3) is 0.214. The summed E-state index contributed by atoms with van der Waals surface area (Å²) in [4.78, 5) is 47.4. The molecule has 42 heavy (non-hydrogen) atoms. The van der Waals surface area contributed by atoms with Crippen molar-refractivity contribution in [2.45, 2.75) is 19.9 Å². The number of ether oxygens (including phenoxy) is 3. The maximum atomic E-state index is 12.3. The average Bonchev–Trinajstić information content (AvgIpc) is 3.44. The first-order valence-corrected chi connectivity index (χ1v) is 12.5. The molecule has 0 aliphatic carbocycles. The smallest absolute Gasteiger partial charge is 0.337 e. The van der Waals surface area contributed by atoms with Crippen LogP contribution in [0.15, 0.2) is 69.3 Å². The van der Waals surface area contributed by atoms with Crippen molar-refractivity contribution in [1.29, 1.82) is 0 Å². The monoisotopic (exact) mass is 577 g/mol. The molecule has 0 fully saturated rings. The van der Waals surface area contributed by atoms with Crippen molar-refractivity contribution in [3.63, 3.8) is 0 Å². The van der Waals surface area contributed by atoms with Gasteiger partial charge in [0, 0.05) is 22.9 Å². The van der Waals surface area contributed by atoms with Gasteiger partial charge in [0.1, 0.15) is 11.5 Å². The van der Waals surface area contributed by atoms with Crippen molar-refractivity contribution in [2.24, 2.45) is 5.10 Å². The third-order valence-electron chi connectivity index (χ3n) is 6.25. The summed E-state index contributed by atoms with van der Waals surface area (Å²) in [7, 11) is 2.65. The Bertz CT molecular complexity index is 1610. The van der Waals surface area contributed by atoms with Crippen LogP contribution in [0.25, 0.3) is 11.3 Å². The SMILES string of the molecule is COC(=O)C1=C(C)NC(=O)N[C@@H]1c1ccc(OCC(=O)N/N=C\c2ccc(-c3ccc(C)c([N+](=O)[O-])c3)o2)c(OC)c1. The van der Waals surface area contributed by atoms with Gasteiger partial charge in [0.25, 0.3) is 11.6 Å². The molecule has 2 heterocycles. The lowest BCUT2D eigenvalue weighted by molar-refractivity contribution is -0.385. The molecule has 14 heteroatoms. The van der Waals surface area contributed by atoms with E-state index in [0.717, 1.165) is 0 Å². The highest BCUT2D eigenvalue weighted by Crippen LogP contribution is 2.34. The summed E-state index contributed by atoms with van der Waals surface area (Å²) in [6, 6.07) is 11.5. The maximum absolute atomic E-state index is 12.3. The Morgan fingerprint density at radius 2 is 1.90 bits per heavy atom. The van der Waals surface area contributed by atoms with Gasteiger partial charge in [-0.3, -0.25) is 14.9 Å². The van der Waals surface area contributed by atoms with Gasteiger partial charge in [0.15, 0.2) is 18.1 Å². The topological polar surface area (TPSA) is 184 Å². The minimum Gasteiger partial charge on any atom is -0.493 e. The fourth-order valence-corrected chi connectivity index (χ4v) is 4.19. The van der Waals surface area contributed by atoms with E-state index < -0.39 is 35.5 Å². The molecule has 1 aromatic heterocycles. The van der Waals surface area contributed by atoms with Crippen LogP contribution in [0.4, 0.5) is 10.5 Å². The number of furan rings is 1. The second-order valence-corrected chi connectivity index (χ2v) is 9.01. The predicted octanol–water partition coefficient (Wildman–Crippen LogP) is 3.50. The van der Waals surface area contributed by atoms with Crippen LogP contribution in [0.5, 0.6) is 11.5 Å². The van der Waals surface area contributed by atoms with Crippen LogP contribution in [-0.4, -0.2) is 49.9 Å². The van der Waals surface area contributed by atoms with Gasteiger partial charge in [0.05, 0.1) is 37.0 Å². The van der Waals surface area contributed by atoms with E-state index in [1.807, 2.05) is 0 Å². The summed E-state index contributed by atoms with van der Waals surface area (Å²) in [5, 5.41) is 20.3. The minimum absolute atomic E-state index is 0.0198. The molecule has 218 valence electrons. The molecule has 0 spiro atoms. The van der Waals surface area contributed by atoms with Gasteiger partial charge in [0.2, 0.25) is 0 Å². The largest absolute Gasteiger partial charge is 0.493 e. The number of aryl methyl sites for hydroxylation is 1. The van der Waals surface area contributed by atoms with Crippen LogP contribution in [0.3, 0.4) is 0 Å². The van der Waals surface area contributed by atoms with Crippen LogP contribution in [0, 0.1) is 17.0 Å². The van der Waals surface area contributed by atoms with Crippen LogP contribution >= 0.6 is 0 Å². The number of nitro benzene ring substituents is 1. The number of carbonyl (C=O) groups is 3. The number of amides is 3. The molecule has 1 atom stereocenters. The third-order valence-corrected chi connectivity index (χ3v) is 6.25. The highest BCUT2D eigenvalue weighted by Gasteiger charge is 2.32. The van der Waals surface area contributed by atoms with Gasteiger partial charge in [-0.1, -0.05) is 18.2 Å². The quantitative estimate of drug-likeness (QED) is 0.140. The summed E-state index contributed by atoms with van der Waals surface area (Å²) in [5.74, 6) is 0.0362. The van der Waals surface area contributed by atoms with E-state index >= 15 is 0 Å². The molecule has 2 aromatic carbocycles. The number of hydrogen-bond donors (Lipinski definition) is 3. The molecule has 3 amide bonds. The van der Waals surface area contributed by atoms with Crippen LogP contribution in [0.1, 0.15) is 29.9 Å². The summed E-state index contributed by atoms with van der Waals surface area (Å²) >= 11 is 0. The van der Waals surface area contributed by atoms with Gasteiger partial charge in [-0.2, -0.15) is 5.10 Å². The van der Waals surface area contributed by atoms with E-state index in [0.29, 0.717) is 33.9 Å². The summed E-state index contributed by atoms with van der Waals surface area (Å²) in [6.45, 7) is 2.84. The zero-order chi connectivity index (χ0) is 30.4. The zero-order valence-corrected chi connectivity index (χ0v) is 23.0. The molecular weight excluding hydrogens is 550 g/mol. The number of nitrogens with one attached hydrogen (secondary N) is 3. The Labute approximate surface area is 239 Å². The van der Waals surface area contributed by atoms with Crippen molar-refractivity contribution in [3.05, 3.63) is 86.8 Å². The van der Waals surface area contributed by atoms with Crippen LogP contribution in [-0.2, 0) is 14.3 Å². The lowest BCUT2D eigenvalue weighted by atomic mass is 9.95. The molecular formula is C28H27N5O9. The second-order valence-electron chi connectivity index (χ2n) is 9.01. The van der Waals surface area contributed by atoms with Crippen molar-refractivity contribution in [2.75, 3.05) is 20.8 Å². The molecule has 0 bridgehead atoms. The molecule has 4 rings (SSSR count). The Balaban J connectivity index is 1.38. The number of methoxy groups -OCH3 is 2. The Kier molecular flexibility index (Phi) is 8.85. The molecule has 0 unspecified atom stereocenters. The fourth-order valence-electron chi connectivity index (χ4n) is 4.19. The minimum atomic E-state index is -0.796. The lowest BCUT2D eigenvalue weighted by Crippen LogP contribution is -2.45. The van der Waals surface area contributed by atoms with Crippen molar-refractivity contribution in [3.8, 4) is 22.8 Å². The van der Waals surface area contributed by atoms with Crippen molar-refractivity contribution in [1.82, 2.24) is 16.1 Å². The van der Waals surface area contributed by atoms with Crippen molar-refractivity contribution < 1.29 is 37.9 Å². The highest BCUT2D eigenvalue weighted by molar-refractivity contribution is 5.95. The Hall–Kier alpha value is -5.66. The Morgan fingerprint density at radius 1 is 1.12 bits per heavy atom. The molecule has 3 N–H and O–H groups in total. The van der Waals surface area contributed by atoms with Gasteiger partial charge < -0.3 is 29.3 Å². The number of esters is 1. The molecule has 0 radical (unpaired) electrons. The number of nitrogens with zero attached hydrogens (tertiary/aromatic N) is 2. The third kappa shape index (κ3) is 6.55. The molecule has 3 aromatic rings. The van der Waals surface area contributed by atoms with Crippen LogP contribution in [0.2, 0.25) is 0 Å². The number of rotatable bonds is 10. The summed E-state index contributed by atoms with van der Waals surface area (Å²) < 4.78 is 21.5. The molecule has 14 nitrogen and oxygen atoms in total. The van der Waals surface area contributed by atoms with Gasteiger partial charge in [-0.25, -0.2) is 15.0 Å². The van der Waals surface area contributed by atoms with Gasteiger partial charge >= 0.3 is 12.0 Å². The number of hydrazone groups is 1. The van der Waals surface area contributed by atoms with E-state index in [-0.39, 0.29) is 22.8 Å². The first kappa shape index (κ1) is 29.3. The number of benzene rings is 2. The van der Waals surface area contributed by atoms with Gasteiger partial charge in [-0.05, 0) is 43.7 Å². The summed E-state index contributed by atoms with van der Waals surface area (Å²) in [6.07, 6.45) is 1.28. The average molecular weight is 578 g/mol. The number of carbonyl (C=O) groups excluding carboxylic acids is 3. The maximum Gasteiger partial charge on any atom is 0.337 e. The zero-order valence-electron chi connectivity index (χ0n) is 23.0. The highest BCUT2D eigenvalue weighted by atomic mass is 16.6. The van der Waals surface area contributed by atoms with E-state index in [1.165, 1.54) is 26.5 Å². The van der Waals surface area contributed by atoms with E-state index in [2.05, 4.69) is 21.2 Å².